The molecule has 196 valence electrons. The molecule has 1 aromatic heterocycles. The first-order valence-electron chi connectivity index (χ1n) is 12.5. The van der Waals surface area contributed by atoms with E-state index in [9.17, 15) is 8.63 Å². The van der Waals surface area contributed by atoms with Gasteiger partial charge < -0.3 is 19.7 Å². The minimum atomic E-state index is -2.74. The van der Waals surface area contributed by atoms with E-state index in [4.69, 9.17) is 20.2 Å². The van der Waals surface area contributed by atoms with Gasteiger partial charge in [0.1, 0.15) is 5.75 Å². The molecular weight excluding hydrogens is 483 g/mol. The van der Waals surface area contributed by atoms with Crippen molar-refractivity contribution in [3.63, 3.8) is 0 Å². The van der Waals surface area contributed by atoms with Gasteiger partial charge >= 0.3 is 7.40 Å². The number of benzene rings is 1. The number of hydrogen-bond donors (Lipinski definition) is 1. The number of aromatic nitrogens is 1. The van der Waals surface area contributed by atoms with Crippen LogP contribution in [0.25, 0.3) is 17.7 Å². The van der Waals surface area contributed by atoms with Crippen LogP contribution in [0.2, 0.25) is 0 Å². The molecule has 5 nitrogen and oxygen atoms in total. The fraction of sp³-hybridized carbons (Fsp3) is 0.233. The Bertz CT molecular complexity index is 1410. The van der Waals surface area contributed by atoms with Crippen LogP contribution in [-0.2, 0) is 4.74 Å². The number of hydrogen-bond acceptors (Lipinski definition) is 4. The Morgan fingerprint density at radius 3 is 2.39 bits per heavy atom. The van der Waals surface area contributed by atoms with Crippen molar-refractivity contribution in [1.82, 2.24) is 4.48 Å². The van der Waals surface area contributed by atoms with E-state index in [1.165, 1.54) is 5.57 Å². The predicted molar refractivity (Wildman–Crippen MR) is 153 cm³/mol. The molecule has 1 aliphatic carbocycles. The van der Waals surface area contributed by atoms with Gasteiger partial charge in [0.15, 0.2) is 0 Å². The molecule has 0 spiro atoms. The van der Waals surface area contributed by atoms with Crippen molar-refractivity contribution >= 4 is 30.8 Å². The number of aliphatic imine (C=N–C) groups is 1. The third-order valence-electron chi connectivity index (χ3n) is 6.64. The molecule has 1 aliphatic heterocycles. The number of nitrogens with zero attached hydrogens (tertiary/aromatic N) is 2. The Hall–Kier alpha value is -3.91. The molecule has 0 radical (unpaired) electrons. The zero-order valence-corrected chi connectivity index (χ0v) is 22.2. The molecule has 0 fully saturated rings. The lowest BCUT2D eigenvalue weighted by molar-refractivity contribution is 0.276. The van der Waals surface area contributed by atoms with E-state index in [0.29, 0.717) is 28.2 Å². The van der Waals surface area contributed by atoms with E-state index >= 15 is 0 Å². The van der Waals surface area contributed by atoms with Gasteiger partial charge in [-0.25, -0.2) is 4.99 Å². The molecular formula is C30H32BF2N3O2. The first-order chi connectivity index (χ1) is 18.3. The molecule has 0 amide bonds. The maximum absolute atomic E-state index is 14.4. The lowest BCUT2D eigenvalue weighted by Crippen LogP contribution is -2.20. The SMILES string of the molecule is COC1=CC=C(/C=C/C2=NC(=C(/CN)c3c(C)cc(/C=C/c4ccc(OC)cc4)n3B(F)F)/C(C)=C2)CC1. The average molecular weight is 515 g/mol. The van der Waals surface area contributed by atoms with Crippen LogP contribution in [0.1, 0.15) is 42.3 Å². The first-order valence-corrected chi connectivity index (χ1v) is 12.5. The van der Waals surface area contributed by atoms with Crippen molar-refractivity contribution in [3.05, 3.63) is 106 Å². The van der Waals surface area contributed by atoms with Gasteiger partial charge in [-0.15, -0.1) is 0 Å². The van der Waals surface area contributed by atoms with Crippen LogP contribution in [0.5, 0.6) is 5.75 Å². The summed E-state index contributed by atoms with van der Waals surface area (Å²) in [5.41, 5.74) is 12.6. The second-order valence-electron chi connectivity index (χ2n) is 9.16. The quantitative estimate of drug-likeness (QED) is 0.382. The molecule has 0 saturated heterocycles. The van der Waals surface area contributed by atoms with Crippen molar-refractivity contribution in [2.45, 2.75) is 26.7 Å². The van der Waals surface area contributed by atoms with Crippen LogP contribution in [-0.4, -0.2) is 38.4 Å². The summed E-state index contributed by atoms with van der Waals surface area (Å²) < 4.78 is 40.4. The standard InChI is InChI=1S/C30H32BF2N3O2/c1-20-17-24(11-5-22-7-13-26(37-3)14-8-22)35-29(20)28(19-34)30-21(2)18-25(36(30)31(32)33)12-6-23-9-15-27(38-4)16-10-23/h5-7,9-13,15-18H,8,14,19,34H2,1-4H3/b11-5+,12-6+,29-28-. The molecule has 8 heteroatoms. The van der Waals surface area contributed by atoms with E-state index in [1.54, 1.807) is 32.4 Å². The highest BCUT2D eigenvalue weighted by Gasteiger charge is 2.28. The van der Waals surface area contributed by atoms with Gasteiger partial charge in [0.2, 0.25) is 0 Å². The molecule has 0 bridgehead atoms. The van der Waals surface area contributed by atoms with Crippen LogP contribution < -0.4 is 10.5 Å². The Balaban J connectivity index is 1.68. The highest BCUT2D eigenvalue weighted by Crippen LogP contribution is 2.33. The van der Waals surface area contributed by atoms with Crippen LogP contribution in [0.3, 0.4) is 0 Å². The van der Waals surface area contributed by atoms with E-state index in [2.05, 4.69) is 0 Å². The molecule has 4 rings (SSSR count). The summed E-state index contributed by atoms with van der Waals surface area (Å²) in [7, 11) is 0.535. The summed E-state index contributed by atoms with van der Waals surface area (Å²) in [5, 5.41) is 0. The monoisotopic (exact) mass is 515 g/mol. The fourth-order valence-electron chi connectivity index (χ4n) is 4.67. The van der Waals surface area contributed by atoms with Gasteiger partial charge in [-0.2, -0.15) is 0 Å². The Morgan fingerprint density at radius 1 is 1.03 bits per heavy atom. The van der Waals surface area contributed by atoms with E-state index in [-0.39, 0.29) is 6.54 Å². The molecule has 0 saturated carbocycles. The van der Waals surface area contributed by atoms with Crippen LogP contribution >= 0.6 is 0 Å². The van der Waals surface area contributed by atoms with Crippen molar-refractivity contribution in [2.24, 2.45) is 10.7 Å². The lowest BCUT2D eigenvalue weighted by atomic mass is 10.0. The molecule has 0 unspecified atom stereocenters. The number of aryl methyl sites for hydroxylation is 1. The average Bonchev–Trinajstić information content (AvgIpc) is 3.46. The van der Waals surface area contributed by atoms with Crippen molar-refractivity contribution in [1.29, 1.82) is 0 Å². The number of rotatable bonds is 9. The first kappa shape index (κ1) is 27.1. The second kappa shape index (κ2) is 12.1. The van der Waals surface area contributed by atoms with Gasteiger partial charge in [-0.3, -0.25) is 8.63 Å². The number of allylic oxidation sites excluding steroid dienone is 8. The summed E-state index contributed by atoms with van der Waals surface area (Å²) in [6.45, 7) is 3.83. The summed E-state index contributed by atoms with van der Waals surface area (Å²) in [6.07, 6.45) is 15.2. The molecule has 2 N–H and O–H groups in total. The van der Waals surface area contributed by atoms with Gasteiger partial charge in [-0.1, -0.05) is 30.4 Å². The third kappa shape index (κ3) is 5.97. The van der Waals surface area contributed by atoms with Gasteiger partial charge in [0, 0.05) is 29.9 Å². The maximum atomic E-state index is 14.4. The minimum Gasteiger partial charge on any atom is -0.501 e. The molecule has 2 heterocycles. The summed E-state index contributed by atoms with van der Waals surface area (Å²) in [4.78, 5) is 4.77. The molecule has 2 aromatic rings. The van der Waals surface area contributed by atoms with E-state index < -0.39 is 7.40 Å². The Morgan fingerprint density at radius 2 is 1.79 bits per heavy atom. The Labute approximate surface area is 223 Å². The van der Waals surface area contributed by atoms with E-state index in [1.807, 2.05) is 68.5 Å². The predicted octanol–water partition coefficient (Wildman–Crippen LogP) is 6.62. The normalized spacial score (nSPS) is 16.9. The van der Waals surface area contributed by atoms with Gasteiger partial charge in [0.05, 0.1) is 31.4 Å². The van der Waals surface area contributed by atoms with Crippen LogP contribution in [0.15, 0.2) is 88.3 Å². The molecule has 2 aliphatic rings. The Kier molecular flexibility index (Phi) is 8.64. The zero-order chi connectivity index (χ0) is 27.2. The van der Waals surface area contributed by atoms with Crippen LogP contribution in [0.4, 0.5) is 8.63 Å². The minimum absolute atomic E-state index is 0.0793. The summed E-state index contributed by atoms with van der Waals surface area (Å²) in [5.74, 6) is 1.70. The third-order valence-corrected chi connectivity index (χ3v) is 6.64. The van der Waals surface area contributed by atoms with Gasteiger partial charge in [-0.05, 0) is 85.0 Å². The topological polar surface area (TPSA) is 61.8 Å². The smallest absolute Gasteiger partial charge is 0.501 e. The highest BCUT2D eigenvalue weighted by atomic mass is 19.2. The summed E-state index contributed by atoms with van der Waals surface area (Å²) >= 11 is 0. The number of nitrogens with two attached hydrogens (primary N) is 1. The van der Waals surface area contributed by atoms with Crippen LogP contribution in [0, 0.1) is 6.92 Å². The lowest BCUT2D eigenvalue weighted by Gasteiger charge is -2.14. The van der Waals surface area contributed by atoms with Crippen molar-refractivity contribution < 1.29 is 18.1 Å². The van der Waals surface area contributed by atoms with Crippen molar-refractivity contribution in [2.75, 3.05) is 20.8 Å². The number of ether oxygens (including phenoxy) is 2. The fourth-order valence-corrected chi connectivity index (χ4v) is 4.67. The van der Waals surface area contributed by atoms with E-state index in [0.717, 1.165) is 45.7 Å². The number of methoxy groups -OCH3 is 2. The number of halogens is 2. The molecule has 38 heavy (non-hydrogen) atoms. The highest BCUT2D eigenvalue weighted by molar-refractivity contribution is 6.42. The largest absolute Gasteiger partial charge is 0.678 e. The van der Waals surface area contributed by atoms with Crippen molar-refractivity contribution in [3.8, 4) is 5.75 Å². The second-order valence-corrected chi connectivity index (χ2v) is 9.16. The van der Waals surface area contributed by atoms with Gasteiger partial charge in [0.25, 0.3) is 0 Å². The summed E-state index contributed by atoms with van der Waals surface area (Å²) in [6, 6.07) is 9.17. The molecule has 1 aromatic carbocycles. The zero-order valence-electron chi connectivity index (χ0n) is 22.2. The maximum Gasteiger partial charge on any atom is 0.678 e. The molecule has 0 atom stereocenters.